The predicted octanol–water partition coefficient (Wildman–Crippen LogP) is -4.02. The first-order valence-electron chi connectivity index (χ1n) is 35.6. The fraction of sp³-hybridized carbons (Fsp3) is 0.629. The zero-order chi connectivity index (χ0) is 82.2. The molecule has 109 heavy (non-hydrogen) atoms. The Labute approximate surface area is 634 Å². The minimum Gasteiger partial charge on any atom is -0.461 e. The number of nitrogens with two attached hydrogens (primary N) is 1. The van der Waals surface area contributed by atoms with Crippen LogP contribution in [-0.2, 0) is 106 Å². The van der Waals surface area contributed by atoms with Crippen molar-refractivity contribution in [3.8, 4) is 0 Å². The highest BCUT2D eigenvalue weighted by Gasteiger charge is 2.51. The predicted molar refractivity (Wildman–Crippen MR) is 392 cm³/mol. The van der Waals surface area contributed by atoms with E-state index in [4.69, 9.17) is 10.5 Å². The Hall–Kier alpha value is -11.2. The molecule has 1 saturated carbocycles. The number of amides is 17. The van der Waals surface area contributed by atoms with Gasteiger partial charge in [0.05, 0.1) is 83.1 Å². The monoisotopic (exact) mass is 1530 g/mol. The van der Waals surface area contributed by atoms with Gasteiger partial charge < -0.3 is 91.4 Å². The van der Waals surface area contributed by atoms with Crippen LogP contribution in [0.4, 0.5) is 10.5 Å². The molecule has 0 radical (unpaired) electrons. The fourth-order valence-electron chi connectivity index (χ4n) is 10.3. The Morgan fingerprint density at radius 2 is 0.908 bits per heavy atom. The van der Waals surface area contributed by atoms with Gasteiger partial charge in [0.25, 0.3) is 0 Å². The van der Waals surface area contributed by atoms with E-state index < -0.39 is 165 Å². The van der Waals surface area contributed by atoms with E-state index in [1.54, 1.807) is 62.8 Å². The van der Waals surface area contributed by atoms with Crippen LogP contribution in [0, 0.1) is 17.3 Å². The number of hydrogen-bond donors (Lipinski definition) is 7. The van der Waals surface area contributed by atoms with E-state index in [0.29, 0.717) is 36.3 Å². The van der Waals surface area contributed by atoms with Crippen LogP contribution in [0.5, 0.6) is 0 Å². The van der Waals surface area contributed by atoms with Crippen LogP contribution in [-0.4, -0.2) is 338 Å². The van der Waals surface area contributed by atoms with Gasteiger partial charge in [0.15, 0.2) is 5.78 Å². The third kappa shape index (κ3) is 31.7. The molecule has 0 saturated heterocycles. The van der Waals surface area contributed by atoms with Crippen molar-refractivity contribution in [2.24, 2.45) is 23.0 Å². The first-order chi connectivity index (χ1) is 51.0. The van der Waals surface area contributed by atoms with Gasteiger partial charge in [-0.3, -0.25) is 86.2 Å². The Morgan fingerprint density at radius 1 is 0.486 bits per heavy atom. The van der Waals surface area contributed by atoms with E-state index >= 15 is 0 Å². The number of primary amides is 1. The largest absolute Gasteiger partial charge is 0.461 e. The van der Waals surface area contributed by atoms with E-state index in [-0.39, 0.29) is 107 Å². The Kier molecular flexibility index (Phi) is 37.8. The van der Waals surface area contributed by atoms with Gasteiger partial charge in [0.2, 0.25) is 88.6 Å². The summed E-state index contributed by atoms with van der Waals surface area (Å²) in [5.74, 6) is -9.99. The molecular formula is C70H110N20O19. The maximum absolute atomic E-state index is 13.9. The number of likely N-dealkylation sites (N-methyl/N-ethyl adjacent to an activating group) is 10. The number of aromatic nitrogens is 3. The molecule has 604 valence electrons. The lowest BCUT2D eigenvalue weighted by Gasteiger charge is -2.39. The zero-order valence-corrected chi connectivity index (χ0v) is 65.3. The van der Waals surface area contributed by atoms with Crippen molar-refractivity contribution in [1.82, 2.24) is 90.6 Å². The minimum atomic E-state index is -1.41. The van der Waals surface area contributed by atoms with Crippen LogP contribution in [0.25, 0.3) is 0 Å². The second kappa shape index (κ2) is 44.8. The topological polar surface area (TPSA) is 478 Å². The number of aryl methyl sites for hydroxylation is 2. The van der Waals surface area contributed by atoms with E-state index in [2.05, 4.69) is 42.2 Å². The number of ether oxygens (including phenoxy) is 1. The first kappa shape index (κ1) is 92.0. The summed E-state index contributed by atoms with van der Waals surface area (Å²) < 4.78 is 6.81. The van der Waals surface area contributed by atoms with Gasteiger partial charge in [0.1, 0.15) is 18.1 Å². The van der Waals surface area contributed by atoms with Gasteiger partial charge in [-0.1, -0.05) is 51.5 Å². The van der Waals surface area contributed by atoms with Crippen LogP contribution < -0.4 is 37.6 Å². The van der Waals surface area contributed by atoms with Crippen LogP contribution in [0.1, 0.15) is 97.2 Å². The standard InChI is InChI=1S/C70H110N20O19/c1-45(2)64(103)47(5)75-53(92)34-80(6)55(94)36-82(8)57(96)38-84(10)59(98)40-86(12)61(100)42-88(14)63(102)43-89(15)62(101)41-87(13)60(99)39-85(11)58(97)37-83(9)56(95)35-81(7)54(93)26-31-72-52(91)25-24-50-33-90(79-78-50)32-18-30-73-67(106)70(27-17-28-70)68(107)77-51(19-16-29-74-69(71)108)65(104)76-49-22-20-48(21-23-49)44-109-66(105)46(3)4/h20-23,33,45-47,51H,16-19,24-32,34-44H2,1-15H3,(H,72,91)(H,73,106)(H,75,92)(H,76,104)(H,77,107)(H3,71,74,108)/t47-,51-/m0/s1. The highest BCUT2D eigenvalue weighted by molar-refractivity contribution is 6.08. The summed E-state index contributed by atoms with van der Waals surface area (Å²) in [6.45, 7) is 4.38. The molecular weight excluding hydrogens is 1420 g/mol. The number of anilines is 1. The summed E-state index contributed by atoms with van der Waals surface area (Å²) in [7, 11) is 13.2. The zero-order valence-electron chi connectivity index (χ0n) is 65.3. The summed E-state index contributed by atoms with van der Waals surface area (Å²) >= 11 is 0. The highest BCUT2D eigenvalue weighted by atomic mass is 16.5. The van der Waals surface area contributed by atoms with Crippen molar-refractivity contribution in [1.29, 1.82) is 0 Å². The molecule has 1 aromatic carbocycles. The molecule has 2 atom stereocenters. The minimum absolute atomic E-state index is 0.00538. The molecule has 1 fully saturated rings. The molecule has 0 bridgehead atoms. The second-order valence-corrected chi connectivity index (χ2v) is 27.9. The molecule has 0 spiro atoms. The summed E-state index contributed by atoms with van der Waals surface area (Å²) in [4.78, 5) is 242. The summed E-state index contributed by atoms with van der Waals surface area (Å²) in [5, 5.41) is 24.3. The molecule has 39 heteroatoms. The maximum atomic E-state index is 13.9. The number of urea groups is 1. The normalized spacial score (nSPS) is 12.4. The molecule has 2 aromatic rings. The molecule has 1 aromatic heterocycles. The lowest BCUT2D eigenvalue weighted by molar-refractivity contribution is -0.151. The number of Topliss-reactive ketones (excluding diaryl/α,β-unsaturated/α-hetero) is 1. The number of nitrogens with zero attached hydrogens (tertiary/aromatic N) is 13. The number of rotatable bonds is 45. The third-order valence-corrected chi connectivity index (χ3v) is 17.8. The van der Waals surface area contributed by atoms with Crippen LogP contribution >= 0.6 is 0 Å². The van der Waals surface area contributed by atoms with Gasteiger partial charge in [0, 0.05) is 134 Å². The number of carbonyl (C=O) groups is 18. The van der Waals surface area contributed by atoms with Gasteiger partial charge in [-0.2, -0.15) is 0 Å². The number of ketones is 1. The molecule has 17 amide bonds. The Morgan fingerprint density at radius 3 is 1.31 bits per heavy atom. The van der Waals surface area contributed by atoms with Gasteiger partial charge in [-0.05, 0) is 56.7 Å². The van der Waals surface area contributed by atoms with Crippen molar-refractivity contribution in [2.75, 3.05) is 161 Å². The maximum Gasteiger partial charge on any atom is 0.312 e. The average Bonchev–Trinajstić information content (AvgIpc) is 0.942. The first-order valence-corrected chi connectivity index (χ1v) is 35.6. The molecule has 39 nitrogen and oxygen atoms in total. The third-order valence-electron chi connectivity index (χ3n) is 17.8. The van der Waals surface area contributed by atoms with E-state index in [1.165, 1.54) is 77.4 Å². The second-order valence-electron chi connectivity index (χ2n) is 27.9. The summed E-state index contributed by atoms with van der Waals surface area (Å²) in [5.41, 5.74) is 5.40. The number of hydrogen-bond acceptors (Lipinski definition) is 21. The average molecular weight is 1540 g/mol. The van der Waals surface area contributed by atoms with Crippen molar-refractivity contribution < 1.29 is 91.0 Å². The van der Waals surface area contributed by atoms with E-state index in [0.717, 1.165) is 49.0 Å². The van der Waals surface area contributed by atoms with Crippen molar-refractivity contribution in [2.45, 2.75) is 118 Å². The molecule has 1 aliphatic carbocycles. The van der Waals surface area contributed by atoms with Crippen molar-refractivity contribution >= 4 is 112 Å². The van der Waals surface area contributed by atoms with Gasteiger partial charge >= 0.3 is 12.0 Å². The van der Waals surface area contributed by atoms with E-state index in [9.17, 15) is 86.3 Å². The molecule has 8 N–H and O–H groups in total. The molecule has 1 aliphatic rings. The van der Waals surface area contributed by atoms with Crippen molar-refractivity contribution in [3.05, 3.63) is 41.7 Å². The van der Waals surface area contributed by atoms with E-state index in [1.807, 2.05) is 0 Å². The summed E-state index contributed by atoms with van der Waals surface area (Å²) in [6.07, 6.45) is 3.62. The molecule has 0 aliphatic heterocycles. The van der Waals surface area contributed by atoms with Gasteiger partial charge in [-0.25, -0.2) is 4.79 Å². The number of carbonyl (C=O) groups excluding carboxylic acids is 18. The van der Waals surface area contributed by atoms with Gasteiger partial charge in [-0.15, -0.1) is 5.10 Å². The van der Waals surface area contributed by atoms with Crippen LogP contribution in [0.2, 0.25) is 0 Å². The Balaban J connectivity index is 1.33. The lowest BCUT2D eigenvalue weighted by atomic mass is 9.67. The summed E-state index contributed by atoms with van der Waals surface area (Å²) in [6, 6.07) is 4.04. The van der Waals surface area contributed by atoms with Crippen LogP contribution in [0.15, 0.2) is 30.5 Å². The lowest BCUT2D eigenvalue weighted by Crippen LogP contribution is -2.58. The SMILES string of the molecule is CC(C)C(=O)OCc1ccc(NC(=O)[C@H](CCCNC(N)=O)NC(=O)C2(C(=O)NCCCn3cc(CCC(=O)NCCC(=O)N(C)CC(=O)N(C)CC(=O)N(C)CC(=O)N(C)CC(=O)N(C)CC(=O)N(C)CC(=O)N(C)CC(=O)N(C)CC(=O)N(C)CC(=O)N(C)CC(=O)N[C@@H](C)C(=O)C(C)C)nn3)CCC2)cc1. The fourth-order valence-corrected chi connectivity index (χ4v) is 10.3. The molecule has 3 rings (SSSR count). The Bertz CT molecular complexity index is 3580. The smallest absolute Gasteiger partial charge is 0.312 e. The van der Waals surface area contributed by atoms with Crippen LogP contribution in [0.3, 0.4) is 0 Å². The van der Waals surface area contributed by atoms with Crippen molar-refractivity contribution in [3.63, 3.8) is 0 Å². The quantitative estimate of drug-likeness (QED) is 0.0189. The number of benzene rings is 1. The molecule has 1 heterocycles. The number of esters is 1. The highest BCUT2D eigenvalue weighted by Crippen LogP contribution is 2.41. The molecule has 0 unspecified atom stereocenters. The number of nitrogens with one attached hydrogen (secondary N) is 6.